The van der Waals surface area contributed by atoms with E-state index in [0.717, 1.165) is 17.8 Å². The Bertz CT molecular complexity index is 1150. The van der Waals surface area contributed by atoms with Gasteiger partial charge in [-0.1, -0.05) is 11.2 Å². The molecule has 8 nitrogen and oxygen atoms in total. The number of aromatic nitrogens is 5. The number of carbonyl (C=O) groups excluding carboxylic acids is 1. The highest BCUT2D eigenvalue weighted by atomic mass is 32.2. The number of hydrogen-bond acceptors (Lipinski definition) is 7. The monoisotopic (exact) mass is 396 g/mol. The van der Waals surface area contributed by atoms with Gasteiger partial charge < -0.3 is 9.84 Å². The van der Waals surface area contributed by atoms with Gasteiger partial charge in [-0.3, -0.25) is 9.20 Å². The van der Waals surface area contributed by atoms with Gasteiger partial charge in [0.25, 0.3) is 11.6 Å². The van der Waals surface area contributed by atoms with Crippen molar-refractivity contribution >= 4 is 34.4 Å². The molecule has 0 aliphatic heterocycles. The van der Waals surface area contributed by atoms with Crippen molar-refractivity contribution in [1.82, 2.24) is 30.1 Å². The van der Waals surface area contributed by atoms with Gasteiger partial charge in [-0.15, -0.1) is 10.2 Å². The molecule has 4 heterocycles. The van der Waals surface area contributed by atoms with Gasteiger partial charge in [0.15, 0.2) is 11.5 Å². The minimum atomic E-state index is -0.277. The molecule has 4 aromatic heterocycles. The van der Waals surface area contributed by atoms with E-state index >= 15 is 0 Å². The standard InChI is InChI=1S/C19H20N6O2S/c1-11-10-13(16-12(2)24-27-19(16)20-11)18(26)21-14(7-9-28-3)17-23-22-15-6-4-5-8-25(15)17/h4-6,8,10,14H,7,9H2,1-3H3,(H,21,26). The largest absolute Gasteiger partial charge is 0.342 e. The topological polar surface area (TPSA) is 98.2 Å². The van der Waals surface area contributed by atoms with Gasteiger partial charge in [0, 0.05) is 11.9 Å². The number of nitrogens with one attached hydrogen (secondary N) is 1. The van der Waals surface area contributed by atoms with Crippen LogP contribution < -0.4 is 5.32 Å². The molecule has 0 aromatic carbocycles. The van der Waals surface area contributed by atoms with Crippen molar-refractivity contribution in [3.63, 3.8) is 0 Å². The van der Waals surface area contributed by atoms with Crippen LogP contribution in [0.3, 0.4) is 0 Å². The highest BCUT2D eigenvalue weighted by Crippen LogP contribution is 2.24. The normalized spacial score (nSPS) is 12.5. The van der Waals surface area contributed by atoms with Gasteiger partial charge in [0.1, 0.15) is 0 Å². The number of nitrogens with zero attached hydrogens (tertiary/aromatic N) is 5. The zero-order valence-corrected chi connectivity index (χ0v) is 16.7. The summed E-state index contributed by atoms with van der Waals surface area (Å²) in [7, 11) is 0. The number of thioether (sulfide) groups is 1. The van der Waals surface area contributed by atoms with Gasteiger partial charge in [0.2, 0.25) is 0 Å². The van der Waals surface area contributed by atoms with E-state index in [-0.39, 0.29) is 11.9 Å². The number of pyridine rings is 2. The Labute approximate surface area is 165 Å². The maximum Gasteiger partial charge on any atom is 0.258 e. The summed E-state index contributed by atoms with van der Waals surface area (Å²) in [5.41, 5.74) is 2.96. The van der Waals surface area contributed by atoms with E-state index in [2.05, 4.69) is 25.7 Å². The second-order valence-corrected chi connectivity index (χ2v) is 7.54. The number of amides is 1. The average molecular weight is 396 g/mol. The zero-order chi connectivity index (χ0) is 19.7. The fourth-order valence-corrected chi connectivity index (χ4v) is 3.70. The molecule has 4 rings (SSSR count). The quantitative estimate of drug-likeness (QED) is 0.535. The van der Waals surface area contributed by atoms with Gasteiger partial charge in [-0.05, 0) is 50.5 Å². The van der Waals surface area contributed by atoms with E-state index in [1.54, 1.807) is 24.8 Å². The van der Waals surface area contributed by atoms with Crippen LogP contribution >= 0.6 is 11.8 Å². The third-order valence-corrected chi connectivity index (χ3v) is 5.20. The van der Waals surface area contributed by atoms with E-state index in [1.807, 2.05) is 42.0 Å². The summed E-state index contributed by atoms with van der Waals surface area (Å²) < 4.78 is 7.16. The summed E-state index contributed by atoms with van der Waals surface area (Å²) in [4.78, 5) is 17.5. The molecule has 144 valence electrons. The van der Waals surface area contributed by atoms with E-state index in [4.69, 9.17) is 4.52 Å². The first-order chi connectivity index (χ1) is 13.6. The Morgan fingerprint density at radius 1 is 1.32 bits per heavy atom. The Balaban J connectivity index is 1.71. The van der Waals surface area contributed by atoms with Crippen LogP contribution in [0.1, 0.15) is 40.0 Å². The highest BCUT2D eigenvalue weighted by molar-refractivity contribution is 7.98. The molecule has 9 heteroatoms. The molecule has 4 aromatic rings. The Morgan fingerprint density at radius 2 is 2.18 bits per heavy atom. The maximum absolute atomic E-state index is 13.2. The van der Waals surface area contributed by atoms with E-state index < -0.39 is 0 Å². The molecule has 0 bridgehead atoms. The molecule has 0 fully saturated rings. The number of aryl methyl sites for hydroxylation is 2. The molecule has 0 saturated heterocycles. The first kappa shape index (κ1) is 18.4. The zero-order valence-electron chi connectivity index (χ0n) is 15.8. The van der Waals surface area contributed by atoms with Crippen LogP contribution in [-0.4, -0.2) is 42.7 Å². The molecule has 28 heavy (non-hydrogen) atoms. The molecule has 0 aliphatic rings. The van der Waals surface area contributed by atoms with Crippen molar-refractivity contribution in [1.29, 1.82) is 0 Å². The lowest BCUT2D eigenvalue weighted by atomic mass is 10.1. The van der Waals surface area contributed by atoms with Crippen molar-refractivity contribution in [2.45, 2.75) is 26.3 Å². The van der Waals surface area contributed by atoms with E-state index in [0.29, 0.717) is 33.9 Å². The van der Waals surface area contributed by atoms with Crippen molar-refractivity contribution in [2.75, 3.05) is 12.0 Å². The number of carbonyl (C=O) groups is 1. The summed E-state index contributed by atoms with van der Waals surface area (Å²) in [6, 6.07) is 7.20. The lowest BCUT2D eigenvalue weighted by Gasteiger charge is -2.17. The molecule has 1 N–H and O–H groups in total. The fraction of sp³-hybridized carbons (Fsp3) is 0.316. The van der Waals surface area contributed by atoms with Crippen molar-refractivity contribution in [3.05, 3.63) is 53.2 Å². The van der Waals surface area contributed by atoms with Crippen molar-refractivity contribution in [3.8, 4) is 0 Å². The van der Waals surface area contributed by atoms with E-state index in [1.165, 1.54) is 0 Å². The van der Waals surface area contributed by atoms with Crippen LogP contribution in [0.15, 0.2) is 35.0 Å². The SMILES string of the molecule is CSCCC(NC(=O)c1cc(C)nc2onc(C)c12)c1nnc2ccccn12. The molecular formula is C19H20N6O2S. The lowest BCUT2D eigenvalue weighted by molar-refractivity contribution is 0.0935. The molecule has 1 unspecified atom stereocenters. The summed E-state index contributed by atoms with van der Waals surface area (Å²) >= 11 is 1.72. The first-order valence-corrected chi connectivity index (χ1v) is 10.3. The van der Waals surface area contributed by atoms with Crippen LogP contribution in [-0.2, 0) is 0 Å². The molecular weight excluding hydrogens is 376 g/mol. The Morgan fingerprint density at radius 3 is 3.00 bits per heavy atom. The summed E-state index contributed by atoms with van der Waals surface area (Å²) in [6.07, 6.45) is 4.68. The second-order valence-electron chi connectivity index (χ2n) is 6.55. The maximum atomic E-state index is 13.2. The summed E-state index contributed by atoms with van der Waals surface area (Å²) in [5, 5.41) is 16.3. The minimum Gasteiger partial charge on any atom is -0.342 e. The molecule has 0 saturated carbocycles. The molecule has 0 radical (unpaired) electrons. The van der Waals surface area contributed by atoms with Crippen molar-refractivity contribution in [2.24, 2.45) is 0 Å². The molecule has 0 spiro atoms. The molecule has 0 aliphatic carbocycles. The minimum absolute atomic E-state index is 0.208. The van der Waals surface area contributed by atoms with Crippen LogP contribution in [0.2, 0.25) is 0 Å². The molecule has 1 atom stereocenters. The second kappa shape index (κ2) is 7.59. The number of hydrogen-bond donors (Lipinski definition) is 1. The Kier molecular flexibility index (Phi) is 4.99. The van der Waals surface area contributed by atoms with Crippen LogP contribution in [0.25, 0.3) is 16.7 Å². The third-order valence-electron chi connectivity index (χ3n) is 4.56. The van der Waals surface area contributed by atoms with Gasteiger partial charge in [-0.2, -0.15) is 11.8 Å². The number of fused-ring (bicyclic) bond motifs is 2. The van der Waals surface area contributed by atoms with Crippen LogP contribution in [0.4, 0.5) is 0 Å². The van der Waals surface area contributed by atoms with Crippen LogP contribution in [0.5, 0.6) is 0 Å². The van der Waals surface area contributed by atoms with Gasteiger partial charge in [-0.25, -0.2) is 4.98 Å². The summed E-state index contributed by atoms with van der Waals surface area (Å²) in [6.45, 7) is 3.63. The third kappa shape index (κ3) is 3.33. The predicted octanol–water partition coefficient (Wildman–Crippen LogP) is 3.11. The van der Waals surface area contributed by atoms with Gasteiger partial charge in [0.05, 0.1) is 22.7 Å². The lowest BCUT2D eigenvalue weighted by Crippen LogP contribution is -2.30. The highest BCUT2D eigenvalue weighted by Gasteiger charge is 2.24. The number of rotatable bonds is 6. The average Bonchev–Trinajstić information content (AvgIpc) is 3.28. The van der Waals surface area contributed by atoms with Gasteiger partial charge >= 0.3 is 0 Å². The molecule has 1 amide bonds. The first-order valence-electron chi connectivity index (χ1n) is 8.91. The fourth-order valence-electron chi connectivity index (χ4n) is 3.23. The van der Waals surface area contributed by atoms with E-state index in [9.17, 15) is 4.79 Å². The smallest absolute Gasteiger partial charge is 0.258 e. The van der Waals surface area contributed by atoms with Crippen molar-refractivity contribution < 1.29 is 9.32 Å². The Hall–Kier alpha value is -2.94. The van der Waals surface area contributed by atoms with Crippen LogP contribution in [0, 0.1) is 13.8 Å². The predicted molar refractivity (Wildman–Crippen MR) is 107 cm³/mol. The summed E-state index contributed by atoms with van der Waals surface area (Å²) in [5.74, 6) is 1.38.